The van der Waals surface area contributed by atoms with Crippen LogP contribution in [0, 0.1) is 29.5 Å². The molecular formula is C42H49FN2O8S2. The predicted octanol–water partition coefficient (Wildman–Crippen LogP) is 5.36. The van der Waals surface area contributed by atoms with E-state index in [1.807, 2.05) is 12.1 Å². The molecule has 8 atom stereocenters. The Hall–Kier alpha value is -3.85. The largest absolute Gasteiger partial charge is 0.508 e. The van der Waals surface area contributed by atoms with Crippen LogP contribution in [0.3, 0.4) is 0 Å². The normalized spacial score (nSPS) is 26.5. The fourth-order valence-electron chi connectivity index (χ4n) is 9.22. The highest BCUT2D eigenvalue weighted by atomic mass is 32.2. The Bertz CT molecular complexity index is 2110. The van der Waals surface area contributed by atoms with Crippen molar-refractivity contribution in [2.45, 2.75) is 58.2 Å². The summed E-state index contributed by atoms with van der Waals surface area (Å²) in [5, 5.41) is 38.9. The first-order chi connectivity index (χ1) is 26.3. The fourth-order valence-corrected chi connectivity index (χ4v) is 13.1. The molecule has 2 saturated carbocycles. The van der Waals surface area contributed by atoms with E-state index in [0.717, 1.165) is 37.8 Å². The lowest BCUT2D eigenvalue weighted by atomic mass is 10.0. The molecule has 0 aromatic heterocycles. The molecule has 4 fully saturated rings. The van der Waals surface area contributed by atoms with Crippen LogP contribution in [0.5, 0.6) is 11.5 Å². The van der Waals surface area contributed by atoms with E-state index >= 15 is 0 Å². The minimum Gasteiger partial charge on any atom is -0.508 e. The number of phenols is 2. The molecular weight excluding hydrogens is 744 g/mol. The van der Waals surface area contributed by atoms with Crippen LogP contribution >= 0.6 is 0 Å². The van der Waals surface area contributed by atoms with Gasteiger partial charge in [-0.15, -0.1) is 0 Å². The lowest BCUT2D eigenvalue weighted by Gasteiger charge is -2.22. The van der Waals surface area contributed by atoms with E-state index in [1.54, 1.807) is 72.8 Å². The van der Waals surface area contributed by atoms with Gasteiger partial charge >= 0.3 is 0 Å². The maximum absolute atomic E-state index is 13.5. The summed E-state index contributed by atoms with van der Waals surface area (Å²) >= 11 is 0. The molecule has 0 spiro atoms. The number of hydrogen-bond donors (Lipinski definition) is 4. The van der Waals surface area contributed by atoms with Gasteiger partial charge in [0.1, 0.15) is 5.75 Å². The molecule has 2 heterocycles. The topological polar surface area (TPSA) is 156 Å². The number of benzene rings is 4. The number of halogens is 1. The number of aliphatic hydroxyl groups is 2. The van der Waals surface area contributed by atoms with E-state index < -0.39 is 43.4 Å². The number of β-amino-alcohol motifs (C(OH)–C–C–N with tert-alkyl or cyclic N) is 2. The average Bonchev–Trinajstić information content (AvgIpc) is 3.95. The van der Waals surface area contributed by atoms with Crippen molar-refractivity contribution in [3.8, 4) is 11.5 Å². The number of phenolic OH excluding ortho intramolecular Hbond substituents is 2. The van der Waals surface area contributed by atoms with Gasteiger partial charge in [-0.25, -0.2) is 21.2 Å². The Morgan fingerprint density at radius 3 is 1.35 bits per heavy atom. The third-order valence-electron chi connectivity index (χ3n) is 12.1. The van der Waals surface area contributed by atoms with Crippen molar-refractivity contribution in [2.24, 2.45) is 23.7 Å². The molecule has 0 radical (unpaired) electrons. The first-order valence-electron chi connectivity index (χ1n) is 18.9. The van der Waals surface area contributed by atoms with Crippen LogP contribution in [-0.4, -0.2) is 96.8 Å². The van der Waals surface area contributed by atoms with Crippen molar-refractivity contribution in [3.63, 3.8) is 0 Å². The zero-order chi connectivity index (χ0) is 38.9. The monoisotopic (exact) mass is 792 g/mol. The molecule has 0 bridgehead atoms. The number of aliphatic hydroxyl groups excluding tert-OH is 2. The summed E-state index contributed by atoms with van der Waals surface area (Å²) in [6, 6.07) is 27.9. The molecule has 294 valence electrons. The van der Waals surface area contributed by atoms with Crippen LogP contribution in [0.2, 0.25) is 0 Å². The Balaban J connectivity index is 0.000000169. The molecule has 2 aliphatic carbocycles. The van der Waals surface area contributed by atoms with Crippen LogP contribution in [0.4, 0.5) is 4.39 Å². The van der Waals surface area contributed by atoms with Crippen molar-refractivity contribution < 1.29 is 41.7 Å². The second kappa shape index (κ2) is 16.3. The zero-order valence-electron chi connectivity index (χ0n) is 30.5. The molecule has 2 aliphatic heterocycles. The van der Waals surface area contributed by atoms with Crippen LogP contribution in [0.15, 0.2) is 113 Å². The standard InChI is InChI=1S/C21H24FNO4S.C21H25NO4S/c22-19-10-14(6-7-20(19)24)21(25)13-23-11-15-8-18(9-16(15)12-23)28(26,27)17-4-2-1-3-5-17;23-18-8-6-15(7-9-18)21(24)14-22-12-16-10-20(11-17(16)13-22)27(25,26)19-4-2-1-3-5-19/h1-7,10,15-16,18,21,24-25H,8-9,11-13H2;1-9,16-17,20-21,23-24H,10-14H2/t15-,16+,18?,21?;16-,17+,20?,21?. The van der Waals surface area contributed by atoms with Gasteiger partial charge < -0.3 is 20.4 Å². The first-order valence-corrected chi connectivity index (χ1v) is 22.0. The summed E-state index contributed by atoms with van der Waals surface area (Å²) in [7, 11) is -6.57. The van der Waals surface area contributed by atoms with E-state index in [9.17, 15) is 41.7 Å². The molecule has 8 rings (SSSR count). The van der Waals surface area contributed by atoms with Crippen molar-refractivity contribution in [1.82, 2.24) is 9.80 Å². The van der Waals surface area contributed by atoms with Crippen LogP contribution in [0.1, 0.15) is 49.0 Å². The Morgan fingerprint density at radius 2 is 0.945 bits per heavy atom. The average molecular weight is 793 g/mol. The Morgan fingerprint density at radius 1 is 0.564 bits per heavy atom. The molecule has 4 aliphatic rings. The highest BCUT2D eigenvalue weighted by molar-refractivity contribution is 7.92. The number of nitrogens with zero attached hydrogens (tertiary/aromatic N) is 2. The minimum absolute atomic E-state index is 0.187. The molecule has 0 amide bonds. The fraction of sp³-hybridized carbons (Fsp3) is 0.429. The summed E-state index contributed by atoms with van der Waals surface area (Å²) in [5.74, 6) is 0.355. The number of likely N-dealkylation sites (tertiary alicyclic amines) is 2. The third kappa shape index (κ3) is 8.77. The lowest BCUT2D eigenvalue weighted by molar-refractivity contribution is 0.121. The van der Waals surface area contributed by atoms with E-state index in [4.69, 9.17) is 0 Å². The van der Waals surface area contributed by atoms with Gasteiger partial charge in [0, 0.05) is 39.3 Å². The van der Waals surface area contributed by atoms with Gasteiger partial charge in [0.2, 0.25) is 0 Å². The van der Waals surface area contributed by atoms with Gasteiger partial charge in [-0.2, -0.15) is 0 Å². The van der Waals surface area contributed by atoms with Gasteiger partial charge in [0.05, 0.1) is 32.5 Å². The quantitative estimate of drug-likeness (QED) is 0.165. The smallest absolute Gasteiger partial charge is 0.181 e. The van der Waals surface area contributed by atoms with Gasteiger partial charge in [0.25, 0.3) is 0 Å². The second-order valence-electron chi connectivity index (χ2n) is 15.7. The Kier molecular flexibility index (Phi) is 11.7. The van der Waals surface area contributed by atoms with Gasteiger partial charge in [0.15, 0.2) is 31.2 Å². The summed E-state index contributed by atoms with van der Waals surface area (Å²) in [6.45, 7) is 4.05. The summed E-state index contributed by atoms with van der Waals surface area (Å²) in [6.07, 6.45) is 1.23. The molecule has 13 heteroatoms. The van der Waals surface area contributed by atoms with E-state index in [1.165, 1.54) is 12.1 Å². The zero-order valence-corrected chi connectivity index (χ0v) is 32.1. The highest BCUT2D eigenvalue weighted by Crippen LogP contribution is 2.44. The van der Waals surface area contributed by atoms with Crippen molar-refractivity contribution >= 4 is 19.7 Å². The summed E-state index contributed by atoms with van der Waals surface area (Å²) in [5.41, 5.74) is 1.21. The molecule has 10 nitrogen and oxygen atoms in total. The SMILES string of the molecule is O=S(=O)(c1ccccc1)C1C[C@@H]2CN(CC(O)c3ccc(O)c(F)c3)C[C@@H]2C1.O=S(=O)(c1ccccc1)C1C[C@@H]2CN(CC(O)c3ccc(O)cc3)C[C@@H]2C1. The molecule has 55 heavy (non-hydrogen) atoms. The molecule has 4 aromatic carbocycles. The minimum atomic E-state index is -3.31. The van der Waals surface area contributed by atoms with E-state index in [2.05, 4.69) is 9.80 Å². The van der Waals surface area contributed by atoms with Crippen molar-refractivity contribution in [3.05, 3.63) is 120 Å². The molecule has 4 unspecified atom stereocenters. The van der Waals surface area contributed by atoms with E-state index in [-0.39, 0.29) is 16.2 Å². The van der Waals surface area contributed by atoms with Gasteiger partial charge in [-0.05, 0) is 109 Å². The number of fused-ring (bicyclic) bond motifs is 2. The Labute approximate surface area is 322 Å². The molecule has 2 saturated heterocycles. The lowest BCUT2D eigenvalue weighted by Crippen LogP contribution is -2.29. The molecule has 4 aromatic rings. The maximum Gasteiger partial charge on any atom is 0.181 e. The van der Waals surface area contributed by atoms with Crippen LogP contribution < -0.4 is 0 Å². The second-order valence-corrected chi connectivity index (χ2v) is 20.2. The van der Waals surface area contributed by atoms with Crippen LogP contribution in [-0.2, 0) is 19.7 Å². The highest BCUT2D eigenvalue weighted by Gasteiger charge is 2.47. The van der Waals surface area contributed by atoms with E-state index in [0.29, 0.717) is 77.8 Å². The summed E-state index contributed by atoms with van der Waals surface area (Å²) < 4.78 is 65.0. The third-order valence-corrected chi connectivity index (χ3v) is 16.5. The number of rotatable bonds is 10. The number of hydrogen-bond acceptors (Lipinski definition) is 10. The van der Waals surface area contributed by atoms with Crippen LogP contribution in [0.25, 0.3) is 0 Å². The number of aromatic hydroxyl groups is 2. The molecule has 4 N–H and O–H groups in total. The number of sulfone groups is 2. The van der Waals surface area contributed by atoms with Gasteiger partial charge in [-0.1, -0.05) is 54.6 Å². The first kappa shape index (κ1) is 39.4. The predicted molar refractivity (Wildman–Crippen MR) is 206 cm³/mol. The summed E-state index contributed by atoms with van der Waals surface area (Å²) in [4.78, 5) is 5.17. The van der Waals surface area contributed by atoms with Gasteiger partial charge in [-0.3, -0.25) is 9.80 Å². The van der Waals surface area contributed by atoms with Crippen molar-refractivity contribution in [2.75, 3.05) is 39.3 Å². The van der Waals surface area contributed by atoms with Crippen molar-refractivity contribution in [1.29, 1.82) is 0 Å². The maximum atomic E-state index is 13.5.